The second-order valence-corrected chi connectivity index (χ2v) is 5.82. The zero-order chi connectivity index (χ0) is 14.3. The van der Waals surface area contributed by atoms with Gasteiger partial charge in [-0.25, -0.2) is 0 Å². The number of carboxylic acid groups (broad SMARTS) is 1. The molecule has 1 saturated heterocycles. The molecule has 1 aromatic heterocycles. The molecular formula is C15H17ClN2O2. The minimum atomic E-state index is -0.723. The van der Waals surface area contributed by atoms with Crippen molar-refractivity contribution in [2.45, 2.75) is 32.4 Å². The van der Waals surface area contributed by atoms with Crippen LogP contribution in [0.3, 0.4) is 0 Å². The number of aryl methyl sites for hydroxylation is 1. The van der Waals surface area contributed by atoms with Crippen molar-refractivity contribution in [1.82, 2.24) is 9.88 Å². The normalized spacial score (nSPS) is 19.8. The molecule has 1 aliphatic rings. The van der Waals surface area contributed by atoms with Gasteiger partial charge < -0.3 is 10.1 Å². The molecule has 1 aromatic carbocycles. The summed E-state index contributed by atoms with van der Waals surface area (Å²) in [6, 6.07) is 5.42. The summed E-state index contributed by atoms with van der Waals surface area (Å²) in [6.07, 6.45) is 1.68. The number of rotatable bonds is 3. The van der Waals surface area contributed by atoms with Crippen molar-refractivity contribution in [3.05, 3.63) is 34.5 Å². The summed E-state index contributed by atoms with van der Waals surface area (Å²) >= 11 is 6.03. The van der Waals surface area contributed by atoms with E-state index in [0.717, 1.165) is 46.6 Å². The van der Waals surface area contributed by atoms with E-state index >= 15 is 0 Å². The Hall–Kier alpha value is -1.52. The average Bonchev–Trinajstić information content (AvgIpc) is 2.97. The Morgan fingerprint density at radius 3 is 3.10 bits per heavy atom. The van der Waals surface area contributed by atoms with Crippen molar-refractivity contribution in [3.63, 3.8) is 0 Å². The molecule has 2 heterocycles. The van der Waals surface area contributed by atoms with Crippen LogP contribution in [-0.4, -0.2) is 33.5 Å². The summed E-state index contributed by atoms with van der Waals surface area (Å²) in [5.74, 6) is -0.723. The number of hydrogen-bond donors (Lipinski definition) is 2. The van der Waals surface area contributed by atoms with Gasteiger partial charge in [-0.1, -0.05) is 11.6 Å². The van der Waals surface area contributed by atoms with Crippen LogP contribution >= 0.6 is 11.6 Å². The highest BCUT2D eigenvalue weighted by Gasteiger charge is 2.30. The lowest BCUT2D eigenvalue weighted by molar-refractivity contribution is -0.142. The van der Waals surface area contributed by atoms with Crippen LogP contribution in [0.1, 0.15) is 24.1 Å². The Morgan fingerprint density at radius 2 is 2.35 bits per heavy atom. The molecule has 0 bridgehead atoms. The van der Waals surface area contributed by atoms with E-state index in [1.807, 2.05) is 23.1 Å². The summed E-state index contributed by atoms with van der Waals surface area (Å²) in [7, 11) is 0. The van der Waals surface area contributed by atoms with E-state index in [-0.39, 0.29) is 6.04 Å². The fourth-order valence-electron chi connectivity index (χ4n) is 3.01. The van der Waals surface area contributed by atoms with E-state index in [0.29, 0.717) is 6.54 Å². The monoisotopic (exact) mass is 292 g/mol. The lowest BCUT2D eigenvalue weighted by Crippen LogP contribution is -2.35. The molecule has 1 aliphatic heterocycles. The fraction of sp³-hybridized carbons (Fsp3) is 0.400. The summed E-state index contributed by atoms with van der Waals surface area (Å²) < 4.78 is 0. The number of H-pyrrole nitrogens is 1. The van der Waals surface area contributed by atoms with Crippen molar-refractivity contribution in [1.29, 1.82) is 0 Å². The number of likely N-dealkylation sites (tertiary alicyclic amines) is 1. The highest BCUT2D eigenvalue weighted by Crippen LogP contribution is 2.27. The zero-order valence-corrected chi connectivity index (χ0v) is 12.1. The quantitative estimate of drug-likeness (QED) is 0.913. The van der Waals surface area contributed by atoms with Gasteiger partial charge in [0.25, 0.3) is 0 Å². The largest absolute Gasteiger partial charge is 0.480 e. The van der Waals surface area contributed by atoms with Gasteiger partial charge in [-0.3, -0.25) is 9.69 Å². The first-order chi connectivity index (χ1) is 9.56. The first kappa shape index (κ1) is 13.5. The van der Waals surface area contributed by atoms with Crippen LogP contribution in [0.15, 0.2) is 18.2 Å². The third kappa shape index (κ3) is 2.30. The van der Waals surface area contributed by atoms with Gasteiger partial charge >= 0.3 is 5.97 Å². The number of fused-ring (bicyclic) bond motifs is 1. The summed E-state index contributed by atoms with van der Waals surface area (Å²) in [6.45, 7) is 3.54. The SMILES string of the molecule is Cc1c(CN2CCC[C@@H]2C(=O)O)[nH]c2ccc(Cl)cc12. The van der Waals surface area contributed by atoms with E-state index in [1.54, 1.807) is 0 Å². The number of hydrogen-bond acceptors (Lipinski definition) is 2. The number of aromatic nitrogens is 1. The van der Waals surface area contributed by atoms with Crippen LogP contribution in [-0.2, 0) is 11.3 Å². The van der Waals surface area contributed by atoms with Gasteiger partial charge in [0.2, 0.25) is 0 Å². The number of nitrogens with zero attached hydrogens (tertiary/aromatic N) is 1. The number of nitrogens with one attached hydrogen (secondary N) is 1. The first-order valence-corrected chi connectivity index (χ1v) is 7.17. The minimum absolute atomic E-state index is 0.357. The van der Waals surface area contributed by atoms with Crippen LogP contribution in [0.5, 0.6) is 0 Å². The van der Waals surface area contributed by atoms with Gasteiger partial charge in [0.15, 0.2) is 0 Å². The van der Waals surface area contributed by atoms with Crippen LogP contribution in [0.25, 0.3) is 10.9 Å². The molecule has 2 aromatic rings. The lowest BCUT2D eigenvalue weighted by Gasteiger charge is -2.20. The third-order valence-electron chi connectivity index (χ3n) is 4.13. The number of carbonyl (C=O) groups is 1. The Kier molecular flexibility index (Phi) is 3.44. The summed E-state index contributed by atoms with van der Waals surface area (Å²) in [5.41, 5.74) is 3.28. The molecule has 5 heteroatoms. The topological polar surface area (TPSA) is 56.3 Å². The average molecular weight is 293 g/mol. The van der Waals surface area contributed by atoms with Gasteiger partial charge in [0.05, 0.1) is 0 Å². The predicted molar refractivity (Wildman–Crippen MR) is 79.1 cm³/mol. The zero-order valence-electron chi connectivity index (χ0n) is 11.3. The molecule has 1 fully saturated rings. The maximum Gasteiger partial charge on any atom is 0.320 e. The summed E-state index contributed by atoms with van der Waals surface area (Å²) in [4.78, 5) is 16.6. The Balaban J connectivity index is 1.91. The molecule has 0 aliphatic carbocycles. The van der Waals surface area contributed by atoms with E-state index in [9.17, 15) is 9.90 Å². The molecule has 1 atom stereocenters. The number of halogens is 1. The molecule has 20 heavy (non-hydrogen) atoms. The van der Waals surface area contributed by atoms with Gasteiger partial charge in [-0.05, 0) is 50.1 Å². The molecule has 2 N–H and O–H groups in total. The molecule has 4 nitrogen and oxygen atoms in total. The molecule has 0 saturated carbocycles. The first-order valence-electron chi connectivity index (χ1n) is 6.80. The molecule has 3 rings (SSSR count). The number of aromatic amines is 1. The summed E-state index contributed by atoms with van der Waals surface area (Å²) in [5, 5.41) is 11.1. The second-order valence-electron chi connectivity index (χ2n) is 5.39. The molecule has 0 radical (unpaired) electrons. The van der Waals surface area contributed by atoms with Gasteiger partial charge in [-0.2, -0.15) is 0 Å². The van der Waals surface area contributed by atoms with Gasteiger partial charge in [-0.15, -0.1) is 0 Å². The minimum Gasteiger partial charge on any atom is -0.480 e. The standard InChI is InChI=1S/C15H17ClN2O2/c1-9-11-7-10(16)4-5-12(11)17-13(9)8-18-6-2-3-14(18)15(19)20/h4-5,7,14,17H,2-3,6,8H2,1H3,(H,19,20)/t14-/m1/s1. The fourth-order valence-corrected chi connectivity index (χ4v) is 3.18. The molecule has 0 unspecified atom stereocenters. The van der Waals surface area contributed by atoms with Crippen molar-refractivity contribution >= 4 is 28.5 Å². The van der Waals surface area contributed by atoms with E-state index < -0.39 is 5.97 Å². The van der Waals surface area contributed by atoms with Crippen molar-refractivity contribution in [3.8, 4) is 0 Å². The lowest BCUT2D eigenvalue weighted by atomic mass is 10.1. The Labute approximate surface area is 122 Å². The van der Waals surface area contributed by atoms with Crippen molar-refractivity contribution in [2.24, 2.45) is 0 Å². The maximum atomic E-state index is 11.2. The smallest absolute Gasteiger partial charge is 0.320 e. The number of carboxylic acids is 1. The molecule has 106 valence electrons. The molecular weight excluding hydrogens is 276 g/mol. The van der Waals surface area contributed by atoms with Crippen LogP contribution < -0.4 is 0 Å². The third-order valence-corrected chi connectivity index (χ3v) is 4.37. The Bertz CT molecular complexity index is 665. The van der Waals surface area contributed by atoms with Crippen LogP contribution in [0, 0.1) is 6.92 Å². The van der Waals surface area contributed by atoms with Crippen molar-refractivity contribution < 1.29 is 9.90 Å². The molecule has 0 spiro atoms. The number of benzene rings is 1. The van der Waals surface area contributed by atoms with E-state index in [4.69, 9.17) is 11.6 Å². The predicted octanol–water partition coefficient (Wildman–Crippen LogP) is 3.18. The van der Waals surface area contributed by atoms with Gasteiger partial charge in [0.1, 0.15) is 6.04 Å². The van der Waals surface area contributed by atoms with Crippen molar-refractivity contribution in [2.75, 3.05) is 6.54 Å². The Morgan fingerprint density at radius 1 is 1.55 bits per heavy atom. The second kappa shape index (κ2) is 5.11. The highest BCUT2D eigenvalue weighted by atomic mass is 35.5. The van der Waals surface area contributed by atoms with E-state index in [2.05, 4.69) is 11.9 Å². The highest BCUT2D eigenvalue weighted by molar-refractivity contribution is 6.31. The van der Waals surface area contributed by atoms with Crippen LogP contribution in [0.2, 0.25) is 5.02 Å². The van der Waals surface area contributed by atoms with Crippen LogP contribution in [0.4, 0.5) is 0 Å². The van der Waals surface area contributed by atoms with Gasteiger partial charge in [0, 0.05) is 28.2 Å². The molecule has 0 amide bonds. The maximum absolute atomic E-state index is 11.2. The number of aliphatic carboxylic acids is 1. The van der Waals surface area contributed by atoms with E-state index in [1.165, 1.54) is 0 Å².